The van der Waals surface area contributed by atoms with Crippen LogP contribution in [-0.4, -0.2) is 46.6 Å². The Morgan fingerprint density at radius 1 is 1.17 bits per heavy atom. The summed E-state index contributed by atoms with van der Waals surface area (Å²) in [5.74, 6) is -0.799. The maximum atomic E-state index is 11.9. The Kier molecular flexibility index (Phi) is 7.59. The molecule has 0 heterocycles. The molecule has 1 atom stereocenters. The lowest BCUT2D eigenvalue weighted by atomic mass is 10.1. The van der Waals surface area contributed by atoms with E-state index < -0.39 is 5.97 Å². The molecule has 5 nitrogen and oxygen atoms in total. The third-order valence-electron chi connectivity index (χ3n) is 2.78. The van der Waals surface area contributed by atoms with Crippen LogP contribution in [0.3, 0.4) is 0 Å². The molecule has 0 aromatic rings. The van der Waals surface area contributed by atoms with Gasteiger partial charge < -0.3 is 10.4 Å². The minimum Gasteiger partial charge on any atom is -0.481 e. The zero-order valence-corrected chi connectivity index (χ0v) is 12.1. The van der Waals surface area contributed by atoms with E-state index in [1.165, 1.54) is 0 Å². The molecule has 0 fully saturated rings. The molecule has 0 saturated carbocycles. The van der Waals surface area contributed by atoms with E-state index in [0.29, 0.717) is 13.0 Å². The van der Waals surface area contributed by atoms with Crippen LogP contribution in [-0.2, 0) is 9.59 Å². The Bertz CT molecular complexity index is 277. The molecule has 0 aliphatic rings. The second kappa shape index (κ2) is 8.08. The molecule has 0 aliphatic carbocycles. The van der Waals surface area contributed by atoms with Gasteiger partial charge in [0.15, 0.2) is 0 Å². The summed E-state index contributed by atoms with van der Waals surface area (Å²) in [6.45, 7) is 10.4. The Morgan fingerprint density at radius 2 is 1.72 bits per heavy atom. The number of rotatable bonds is 8. The van der Waals surface area contributed by atoms with Crippen LogP contribution in [0.15, 0.2) is 0 Å². The molecule has 1 unspecified atom stereocenters. The van der Waals surface area contributed by atoms with E-state index in [4.69, 9.17) is 5.11 Å². The third kappa shape index (κ3) is 6.59. The van der Waals surface area contributed by atoms with Crippen LogP contribution in [0.5, 0.6) is 0 Å². The summed E-state index contributed by atoms with van der Waals surface area (Å²) in [5, 5.41) is 11.5. The SMILES string of the molecule is CC(C)NC(=O)C(C)N(CCCC(=O)O)C(C)C. The van der Waals surface area contributed by atoms with Crippen molar-refractivity contribution in [2.45, 2.75) is 65.6 Å². The van der Waals surface area contributed by atoms with Crippen LogP contribution in [0.4, 0.5) is 0 Å². The molecule has 0 radical (unpaired) electrons. The van der Waals surface area contributed by atoms with E-state index in [2.05, 4.69) is 5.32 Å². The summed E-state index contributed by atoms with van der Waals surface area (Å²) in [6, 6.07) is 0.0980. The van der Waals surface area contributed by atoms with Crippen molar-refractivity contribution in [1.82, 2.24) is 10.2 Å². The molecule has 18 heavy (non-hydrogen) atoms. The number of carbonyl (C=O) groups is 2. The molecule has 0 saturated heterocycles. The Balaban J connectivity index is 4.39. The number of hydrogen-bond acceptors (Lipinski definition) is 3. The van der Waals surface area contributed by atoms with E-state index in [1.807, 2.05) is 39.5 Å². The van der Waals surface area contributed by atoms with Crippen molar-refractivity contribution >= 4 is 11.9 Å². The number of nitrogens with one attached hydrogen (secondary N) is 1. The lowest BCUT2D eigenvalue weighted by Crippen LogP contribution is -2.50. The minimum atomic E-state index is -0.794. The van der Waals surface area contributed by atoms with Crippen molar-refractivity contribution in [2.75, 3.05) is 6.54 Å². The number of carboxylic acids is 1. The Labute approximate surface area is 110 Å². The average molecular weight is 258 g/mol. The number of aliphatic carboxylic acids is 1. The largest absolute Gasteiger partial charge is 0.481 e. The summed E-state index contributed by atoms with van der Waals surface area (Å²) in [4.78, 5) is 24.5. The highest BCUT2D eigenvalue weighted by Crippen LogP contribution is 2.08. The van der Waals surface area contributed by atoms with Gasteiger partial charge in [0.25, 0.3) is 0 Å². The Morgan fingerprint density at radius 3 is 2.11 bits per heavy atom. The van der Waals surface area contributed by atoms with Crippen LogP contribution in [0.2, 0.25) is 0 Å². The average Bonchev–Trinajstić information content (AvgIpc) is 2.21. The topological polar surface area (TPSA) is 69.6 Å². The van der Waals surface area contributed by atoms with Crippen molar-refractivity contribution in [1.29, 1.82) is 0 Å². The van der Waals surface area contributed by atoms with Crippen LogP contribution >= 0.6 is 0 Å². The van der Waals surface area contributed by atoms with Gasteiger partial charge in [-0.2, -0.15) is 0 Å². The van der Waals surface area contributed by atoms with Crippen LogP contribution in [0, 0.1) is 0 Å². The fourth-order valence-corrected chi connectivity index (χ4v) is 1.87. The van der Waals surface area contributed by atoms with E-state index in [0.717, 1.165) is 0 Å². The third-order valence-corrected chi connectivity index (χ3v) is 2.78. The molecule has 0 aromatic heterocycles. The summed E-state index contributed by atoms with van der Waals surface area (Å²) in [5.41, 5.74) is 0. The predicted octanol–water partition coefficient (Wildman–Crippen LogP) is 1.47. The maximum Gasteiger partial charge on any atom is 0.303 e. The second-order valence-corrected chi connectivity index (χ2v) is 5.17. The first-order valence-electron chi connectivity index (χ1n) is 6.53. The number of hydrogen-bond donors (Lipinski definition) is 2. The summed E-state index contributed by atoms with van der Waals surface area (Å²) >= 11 is 0. The molecular weight excluding hydrogens is 232 g/mol. The molecule has 0 aromatic carbocycles. The van der Waals surface area contributed by atoms with Gasteiger partial charge in [0, 0.05) is 18.5 Å². The van der Waals surface area contributed by atoms with Crippen molar-refractivity contribution in [3.05, 3.63) is 0 Å². The van der Waals surface area contributed by atoms with Crippen molar-refractivity contribution in [3.63, 3.8) is 0 Å². The van der Waals surface area contributed by atoms with E-state index in [-0.39, 0.29) is 30.5 Å². The standard InChI is InChI=1S/C13H26N2O3/c1-9(2)14-13(18)11(5)15(10(3)4)8-6-7-12(16)17/h9-11H,6-8H2,1-5H3,(H,14,18)(H,16,17). The molecule has 0 aliphatic heterocycles. The van der Waals surface area contributed by atoms with E-state index in [9.17, 15) is 9.59 Å². The normalized spacial score (nSPS) is 13.1. The first kappa shape index (κ1) is 16.9. The highest BCUT2D eigenvalue weighted by atomic mass is 16.4. The highest BCUT2D eigenvalue weighted by Gasteiger charge is 2.23. The van der Waals surface area contributed by atoms with Crippen LogP contribution in [0.1, 0.15) is 47.5 Å². The molecule has 106 valence electrons. The van der Waals surface area contributed by atoms with Crippen molar-refractivity contribution in [2.24, 2.45) is 0 Å². The first-order chi connectivity index (χ1) is 8.25. The van der Waals surface area contributed by atoms with Gasteiger partial charge in [-0.3, -0.25) is 14.5 Å². The molecule has 0 spiro atoms. The smallest absolute Gasteiger partial charge is 0.303 e. The van der Waals surface area contributed by atoms with Crippen molar-refractivity contribution in [3.8, 4) is 0 Å². The first-order valence-corrected chi connectivity index (χ1v) is 6.53. The fourth-order valence-electron chi connectivity index (χ4n) is 1.87. The van der Waals surface area contributed by atoms with Gasteiger partial charge in [0.2, 0.25) is 5.91 Å². The van der Waals surface area contributed by atoms with Gasteiger partial charge in [0.1, 0.15) is 0 Å². The van der Waals surface area contributed by atoms with Gasteiger partial charge in [0.05, 0.1) is 6.04 Å². The number of amides is 1. The second-order valence-electron chi connectivity index (χ2n) is 5.17. The molecular formula is C13H26N2O3. The summed E-state index contributed by atoms with van der Waals surface area (Å²) in [6.07, 6.45) is 0.703. The summed E-state index contributed by atoms with van der Waals surface area (Å²) < 4.78 is 0. The molecule has 0 bridgehead atoms. The minimum absolute atomic E-state index is 0.00553. The predicted molar refractivity (Wildman–Crippen MR) is 71.5 cm³/mol. The maximum absolute atomic E-state index is 11.9. The highest BCUT2D eigenvalue weighted by molar-refractivity contribution is 5.81. The zero-order valence-electron chi connectivity index (χ0n) is 12.1. The van der Waals surface area contributed by atoms with E-state index >= 15 is 0 Å². The van der Waals surface area contributed by atoms with E-state index in [1.54, 1.807) is 0 Å². The van der Waals surface area contributed by atoms with Gasteiger partial charge in [-0.05, 0) is 47.6 Å². The number of carboxylic acid groups (broad SMARTS) is 1. The number of nitrogens with zero attached hydrogens (tertiary/aromatic N) is 1. The quantitative estimate of drug-likeness (QED) is 0.692. The van der Waals surface area contributed by atoms with Crippen LogP contribution < -0.4 is 5.32 Å². The fraction of sp³-hybridized carbons (Fsp3) is 0.846. The van der Waals surface area contributed by atoms with Crippen LogP contribution in [0.25, 0.3) is 0 Å². The van der Waals surface area contributed by atoms with Gasteiger partial charge in [-0.25, -0.2) is 0 Å². The monoisotopic (exact) mass is 258 g/mol. The lowest BCUT2D eigenvalue weighted by Gasteiger charge is -2.32. The molecule has 2 N–H and O–H groups in total. The molecule has 1 amide bonds. The summed E-state index contributed by atoms with van der Waals surface area (Å²) in [7, 11) is 0. The lowest BCUT2D eigenvalue weighted by molar-refractivity contribution is -0.137. The van der Waals surface area contributed by atoms with Gasteiger partial charge >= 0.3 is 5.97 Å². The number of carbonyl (C=O) groups excluding carboxylic acids is 1. The molecule has 5 heteroatoms. The van der Waals surface area contributed by atoms with Crippen molar-refractivity contribution < 1.29 is 14.7 Å². The van der Waals surface area contributed by atoms with Gasteiger partial charge in [-0.1, -0.05) is 0 Å². The zero-order chi connectivity index (χ0) is 14.3. The van der Waals surface area contributed by atoms with Gasteiger partial charge in [-0.15, -0.1) is 0 Å². The molecule has 0 rings (SSSR count). The Hall–Kier alpha value is -1.10.